The molecule has 0 saturated carbocycles. The monoisotopic (exact) mass is 381 g/mol. The van der Waals surface area contributed by atoms with Gasteiger partial charge in [-0.3, -0.25) is 0 Å². The standard InChI is InChI=1S/C20H20N3O3P/c21-20(22)23-17-13-11-16(12-14-17)15-27(24,25-18-7-3-1-4-8-18)26-19-9-5-2-6-10-19/h1-14H,15H2,(H4,21,22,23). The van der Waals surface area contributed by atoms with Crippen molar-refractivity contribution in [2.24, 2.45) is 16.5 Å². The largest absolute Gasteiger partial charge is 0.435 e. The van der Waals surface area contributed by atoms with Crippen LogP contribution in [0.2, 0.25) is 0 Å². The molecule has 0 aliphatic rings. The highest BCUT2D eigenvalue weighted by Gasteiger charge is 2.29. The minimum absolute atomic E-state index is 0.0201. The second-order valence-corrected chi connectivity index (χ2v) is 7.68. The van der Waals surface area contributed by atoms with Gasteiger partial charge in [-0.15, -0.1) is 0 Å². The SMILES string of the molecule is NC(N)=Nc1ccc(CP(=O)(Oc2ccccc2)Oc2ccccc2)cc1. The highest BCUT2D eigenvalue weighted by atomic mass is 31.2. The van der Waals surface area contributed by atoms with E-state index in [4.69, 9.17) is 20.5 Å². The summed E-state index contributed by atoms with van der Waals surface area (Å²) >= 11 is 0. The lowest BCUT2D eigenvalue weighted by Crippen LogP contribution is -2.21. The minimum Gasteiger partial charge on any atom is -0.416 e. The molecule has 138 valence electrons. The lowest BCUT2D eigenvalue weighted by Gasteiger charge is -2.20. The summed E-state index contributed by atoms with van der Waals surface area (Å²) in [7, 11) is -3.51. The number of nitrogens with zero attached hydrogens (tertiary/aromatic N) is 1. The molecule has 0 amide bonds. The summed E-state index contributed by atoms with van der Waals surface area (Å²) in [6.45, 7) is 0. The number of benzene rings is 3. The van der Waals surface area contributed by atoms with Gasteiger partial charge in [0.05, 0.1) is 11.8 Å². The van der Waals surface area contributed by atoms with E-state index in [1.54, 1.807) is 48.5 Å². The van der Waals surface area contributed by atoms with Gasteiger partial charge in [0.2, 0.25) is 0 Å². The first-order valence-corrected chi connectivity index (χ1v) is 10.0. The predicted molar refractivity (Wildman–Crippen MR) is 107 cm³/mol. The van der Waals surface area contributed by atoms with Gasteiger partial charge in [0.1, 0.15) is 11.5 Å². The van der Waals surface area contributed by atoms with E-state index in [0.717, 1.165) is 5.56 Å². The lowest BCUT2D eigenvalue weighted by molar-refractivity contribution is 0.384. The van der Waals surface area contributed by atoms with Crippen molar-refractivity contribution in [3.05, 3.63) is 90.5 Å². The summed E-state index contributed by atoms with van der Waals surface area (Å²) < 4.78 is 25.0. The lowest BCUT2D eigenvalue weighted by atomic mass is 10.2. The molecular weight excluding hydrogens is 361 g/mol. The number of para-hydroxylation sites is 2. The van der Waals surface area contributed by atoms with Crippen molar-refractivity contribution in [1.82, 2.24) is 0 Å². The van der Waals surface area contributed by atoms with E-state index in [9.17, 15) is 4.57 Å². The predicted octanol–water partition coefficient (Wildman–Crippen LogP) is 4.44. The Morgan fingerprint density at radius 3 is 1.70 bits per heavy atom. The van der Waals surface area contributed by atoms with Crippen molar-refractivity contribution in [1.29, 1.82) is 0 Å². The Kier molecular flexibility index (Phi) is 5.79. The highest BCUT2D eigenvalue weighted by Crippen LogP contribution is 2.51. The molecule has 0 spiro atoms. The normalized spacial score (nSPS) is 10.8. The number of aliphatic imine (C=N–C) groups is 1. The van der Waals surface area contributed by atoms with E-state index in [0.29, 0.717) is 17.2 Å². The summed E-state index contributed by atoms with van der Waals surface area (Å²) in [6, 6.07) is 25.0. The second kappa shape index (κ2) is 8.43. The van der Waals surface area contributed by atoms with Gasteiger partial charge in [0.25, 0.3) is 0 Å². The Bertz CT molecular complexity index is 896. The summed E-state index contributed by atoms with van der Waals surface area (Å²) in [6.07, 6.45) is 0.0961. The van der Waals surface area contributed by atoms with Crippen LogP contribution in [0.3, 0.4) is 0 Å². The van der Waals surface area contributed by atoms with E-state index in [-0.39, 0.29) is 12.1 Å². The molecular formula is C20H20N3O3P. The average Bonchev–Trinajstić information content (AvgIpc) is 2.64. The van der Waals surface area contributed by atoms with Gasteiger partial charge in [-0.05, 0) is 42.0 Å². The van der Waals surface area contributed by atoms with E-state index in [2.05, 4.69) is 4.99 Å². The summed E-state index contributed by atoms with van der Waals surface area (Å²) in [5, 5.41) is 0. The molecule has 0 fully saturated rings. The zero-order chi connectivity index (χ0) is 19.1. The quantitative estimate of drug-likeness (QED) is 0.358. The van der Waals surface area contributed by atoms with Gasteiger partial charge in [-0.1, -0.05) is 48.5 Å². The molecule has 6 nitrogen and oxygen atoms in total. The Morgan fingerprint density at radius 1 is 0.778 bits per heavy atom. The number of guanidine groups is 1. The molecule has 3 aromatic carbocycles. The van der Waals surface area contributed by atoms with E-state index < -0.39 is 7.60 Å². The molecule has 7 heteroatoms. The van der Waals surface area contributed by atoms with Crippen LogP contribution in [0.4, 0.5) is 5.69 Å². The number of nitrogens with two attached hydrogens (primary N) is 2. The molecule has 0 aliphatic carbocycles. The van der Waals surface area contributed by atoms with Crippen LogP contribution >= 0.6 is 7.60 Å². The van der Waals surface area contributed by atoms with Crippen LogP contribution in [0.15, 0.2) is 89.9 Å². The maximum Gasteiger partial charge on any atom is 0.435 e. The molecule has 27 heavy (non-hydrogen) atoms. The van der Waals surface area contributed by atoms with Crippen LogP contribution in [0.25, 0.3) is 0 Å². The molecule has 3 aromatic rings. The zero-order valence-corrected chi connectivity index (χ0v) is 15.5. The summed E-state index contributed by atoms with van der Waals surface area (Å²) in [5.74, 6) is 0.941. The molecule has 0 aromatic heterocycles. The third-order valence-electron chi connectivity index (χ3n) is 3.55. The van der Waals surface area contributed by atoms with E-state index >= 15 is 0 Å². The zero-order valence-electron chi connectivity index (χ0n) is 14.6. The summed E-state index contributed by atoms with van der Waals surface area (Å²) in [5.41, 5.74) is 12.1. The van der Waals surface area contributed by atoms with Gasteiger partial charge in [-0.2, -0.15) is 0 Å². The molecule has 0 heterocycles. The van der Waals surface area contributed by atoms with Crippen LogP contribution in [-0.4, -0.2) is 5.96 Å². The van der Waals surface area contributed by atoms with Crippen molar-refractivity contribution in [3.8, 4) is 11.5 Å². The van der Waals surface area contributed by atoms with Crippen LogP contribution < -0.4 is 20.5 Å². The molecule has 0 bridgehead atoms. The smallest absolute Gasteiger partial charge is 0.416 e. The van der Waals surface area contributed by atoms with E-state index in [1.807, 2.05) is 36.4 Å². The fourth-order valence-electron chi connectivity index (χ4n) is 2.42. The van der Waals surface area contributed by atoms with E-state index in [1.165, 1.54) is 0 Å². The molecule has 0 aliphatic heterocycles. The fraction of sp³-hybridized carbons (Fsp3) is 0.0500. The Balaban J connectivity index is 1.85. The molecule has 0 saturated heterocycles. The molecule has 0 unspecified atom stereocenters. The minimum atomic E-state index is -3.51. The van der Waals surface area contributed by atoms with Crippen LogP contribution in [0.1, 0.15) is 5.56 Å². The Labute approximate surface area is 158 Å². The van der Waals surface area contributed by atoms with Crippen molar-refractivity contribution in [2.45, 2.75) is 6.16 Å². The van der Waals surface area contributed by atoms with Crippen molar-refractivity contribution in [2.75, 3.05) is 0 Å². The van der Waals surface area contributed by atoms with Crippen molar-refractivity contribution >= 4 is 19.2 Å². The first-order valence-electron chi connectivity index (χ1n) is 8.29. The molecule has 0 atom stereocenters. The van der Waals surface area contributed by atoms with Gasteiger partial charge in [0, 0.05) is 0 Å². The fourth-order valence-corrected chi connectivity index (χ4v) is 4.13. The number of hydrogen-bond acceptors (Lipinski definition) is 4. The van der Waals surface area contributed by atoms with Crippen LogP contribution in [0, 0.1) is 0 Å². The molecule has 3 rings (SSSR count). The number of rotatable bonds is 7. The second-order valence-electron chi connectivity index (χ2n) is 5.78. The molecule has 0 radical (unpaired) electrons. The topological polar surface area (TPSA) is 99.9 Å². The van der Waals surface area contributed by atoms with Crippen LogP contribution in [0.5, 0.6) is 11.5 Å². The maximum atomic E-state index is 13.5. The van der Waals surface area contributed by atoms with Crippen molar-refractivity contribution < 1.29 is 13.6 Å². The van der Waals surface area contributed by atoms with Gasteiger partial charge < -0.3 is 20.5 Å². The number of hydrogen-bond donors (Lipinski definition) is 2. The average molecular weight is 381 g/mol. The van der Waals surface area contributed by atoms with Gasteiger partial charge >= 0.3 is 7.60 Å². The van der Waals surface area contributed by atoms with Gasteiger partial charge in [-0.25, -0.2) is 9.56 Å². The summed E-state index contributed by atoms with van der Waals surface area (Å²) in [4.78, 5) is 3.97. The van der Waals surface area contributed by atoms with Crippen LogP contribution in [-0.2, 0) is 10.7 Å². The van der Waals surface area contributed by atoms with Gasteiger partial charge in [0.15, 0.2) is 5.96 Å². The Morgan fingerprint density at radius 2 is 1.26 bits per heavy atom. The first-order chi connectivity index (χ1) is 13.0. The first kappa shape index (κ1) is 18.5. The third kappa shape index (κ3) is 5.62. The molecule has 4 N–H and O–H groups in total. The Hall–Kier alpha value is -3.24. The van der Waals surface area contributed by atoms with Crippen molar-refractivity contribution in [3.63, 3.8) is 0 Å². The third-order valence-corrected chi connectivity index (χ3v) is 5.28. The highest BCUT2D eigenvalue weighted by molar-refractivity contribution is 7.53. The maximum absolute atomic E-state index is 13.5.